The minimum absolute atomic E-state index is 0.568. The molecule has 1 aromatic rings. The summed E-state index contributed by atoms with van der Waals surface area (Å²) in [5.41, 5.74) is 1.49. The van der Waals surface area contributed by atoms with Crippen molar-refractivity contribution in [3.8, 4) is 5.75 Å². The van der Waals surface area contributed by atoms with Crippen LogP contribution in [0.3, 0.4) is 0 Å². The lowest BCUT2D eigenvalue weighted by molar-refractivity contribution is 0.337. The minimum Gasteiger partial charge on any atom is -0.494 e. The molecule has 5 nitrogen and oxygen atoms in total. The molecule has 0 saturated carbocycles. The number of benzene rings is 1. The Hall–Kier alpha value is -0.790. The van der Waals surface area contributed by atoms with Crippen LogP contribution >= 0.6 is 15.9 Å². The minimum atomic E-state index is -3.46. The molecule has 0 atom stereocenters. The Labute approximate surface area is 135 Å². The number of nitrogens with one attached hydrogen (secondary N) is 1. The summed E-state index contributed by atoms with van der Waals surface area (Å²) in [6.45, 7) is 3.69. The average Bonchev–Trinajstić information content (AvgIpc) is 2.49. The molecule has 1 aliphatic rings. The number of rotatable bonds is 6. The highest BCUT2D eigenvalue weighted by atomic mass is 79.9. The van der Waals surface area contributed by atoms with Gasteiger partial charge in [0, 0.05) is 24.0 Å². The molecule has 1 N–H and O–H groups in total. The second-order valence-corrected chi connectivity index (χ2v) is 7.19. The van der Waals surface area contributed by atoms with Gasteiger partial charge in [0.25, 0.3) is 0 Å². The van der Waals surface area contributed by atoms with E-state index in [2.05, 4.69) is 20.7 Å². The van der Waals surface area contributed by atoms with E-state index in [9.17, 15) is 8.42 Å². The van der Waals surface area contributed by atoms with Crippen LogP contribution in [0.5, 0.6) is 5.75 Å². The van der Waals surface area contributed by atoms with Gasteiger partial charge in [-0.15, -0.1) is 0 Å². The number of alkyl halides is 1. The standard InChI is InChI=1S/C14H21BrN2O3S/c1-2-20-14-7-6-13(10-12(14)11-15)16-21(18,19)17-8-4-3-5-9-17/h6-7,10,16H,2-5,8-9,11H2,1H3. The molecule has 118 valence electrons. The molecule has 0 aromatic heterocycles. The molecule has 0 aliphatic carbocycles. The molecule has 1 fully saturated rings. The molecule has 7 heteroatoms. The molecule has 0 unspecified atom stereocenters. The number of ether oxygens (including phenoxy) is 1. The summed E-state index contributed by atoms with van der Waals surface area (Å²) in [4.78, 5) is 0. The lowest BCUT2D eigenvalue weighted by Gasteiger charge is -2.26. The van der Waals surface area contributed by atoms with Gasteiger partial charge in [-0.2, -0.15) is 12.7 Å². The third-order valence-corrected chi connectivity index (χ3v) is 5.55. The Morgan fingerprint density at radius 3 is 2.62 bits per heavy atom. The van der Waals surface area contributed by atoms with Crippen molar-refractivity contribution in [2.24, 2.45) is 0 Å². The van der Waals surface area contributed by atoms with Crippen LogP contribution in [0.25, 0.3) is 0 Å². The van der Waals surface area contributed by atoms with Crippen molar-refractivity contribution in [3.05, 3.63) is 23.8 Å². The van der Waals surface area contributed by atoms with Crippen LogP contribution < -0.4 is 9.46 Å². The predicted molar refractivity (Wildman–Crippen MR) is 88.2 cm³/mol. The van der Waals surface area contributed by atoms with E-state index in [0.717, 1.165) is 30.6 Å². The van der Waals surface area contributed by atoms with Gasteiger partial charge in [0.15, 0.2) is 0 Å². The zero-order chi connectivity index (χ0) is 15.3. The molecule has 0 spiro atoms. The predicted octanol–water partition coefficient (Wildman–Crippen LogP) is 3.12. The summed E-state index contributed by atoms with van der Waals surface area (Å²) in [7, 11) is -3.46. The van der Waals surface area contributed by atoms with Gasteiger partial charge in [0.1, 0.15) is 5.75 Å². The molecule has 21 heavy (non-hydrogen) atoms. The Balaban J connectivity index is 2.14. The van der Waals surface area contributed by atoms with Crippen LogP contribution in [0.4, 0.5) is 5.69 Å². The van der Waals surface area contributed by atoms with Gasteiger partial charge in [-0.1, -0.05) is 22.4 Å². The third kappa shape index (κ3) is 4.34. The number of hydrogen-bond acceptors (Lipinski definition) is 3. The fourth-order valence-electron chi connectivity index (χ4n) is 2.36. The zero-order valence-electron chi connectivity index (χ0n) is 12.1. The summed E-state index contributed by atoms with van der Waals surface area (Å²) in [6.07, 6.45) is 2.95. The first-order valence-corrected chi connectivity index (χ1v) is 9.72. The third-order valence-electron chi connectivity index (χ3n) is 3.41. The molecular formula is C14H21BrN2O3S. The second kappa shape index (κ2) is 7.47. The lowest BCUT2D eigenvalue weighted by atomic mass is 10.2. The molecule has 1 heterocycles. The topological polar surface area (TPSA) is 58.6 Å². The molecule has 0 bridgehead atoms. The summed E-state index contributed by atoms with van der Waals surface area (Å²) in [5, 5.41) is 0.613. The van der Waals surface area contributed by atoms with Gasteiger partial charge in [-0.05, 0) is 38.0 Å². The maximum atomic E-state index is 12.3. The summed E-state index contributed by atoms with van der Waals surface area (Å²) in [5.74, 6) is 0.773. The fraction of sp³-hybridized carbons (Fsp3) is 0.571. The Morgan fingerprint density at radius 1 is 1.29 bits per heavy atom. The molecule has 0 amide bonds. The zero-order valence-corrected chi connectivity index (χ0v) is 14.5. The first-order valence-electron chi connectivity index (χ1n) is 7.16. The molecule has 2 rings (SSSR count). The number of piperidine rings is 1. The van der Waals surface area contributed by atoms with Crippen molar-refractivity contribution in [2.45, 2.75) is 31.5 Å². The van der Waals surface area contributed by atoms with Gasteiger partial charge >= 0.3 is 10.2 Å². The van der Waals surface area contributed by atoms with E-state index < -0.39 is 10.2 Å². The largest absolute Gasteiger partial charge is 0.494 e. The van der Waals surface area contributed by atoms with E-state index in [1.54, 1.807) is 18.2 Å². The van der Waals surface area contributed by atoms with Gasteiger partial charge in [-0.3, -0.25) is 4.72 Å². The molecular weight excluding hydrogens is 356 g/mol. The Bertz CT molecular complexity index is 572. The monoisotopic (exact) mass is 376 g/mol. The van der Waals surface area contributed by atoms with Gasteiger partial charge in [0.2, 0.25) is 0 Å². The van der Waals surface area contributed by atoms with Crippen LogP contribution in [0.2, 0.25) is 0 Å². The van der Waals surface area contributed by atoms with Crippen molar-refractivity contribution in [2.75, 3.05) is 24.4 Å². The lowest BCUT2D eigenvalue weighted by Crippen LogP contribution is -2.39. The van der Waals surface area contributed by atoms with Gasteiger partial charge < -0.3 is 4.74 Å². The van der Waals surface area contributed by atoms with Crippen molar-refractivity contribution in [3.63, 3.8) is 0 Å². The van der Waals surface area contributed by atoms with Crippen LogP contribution in [0.1, 0.15) is 31.7 Å². The second-order valence-electron chi connectivity index (χ2n) is 4.96. The summed E-state index contributed by atoms with van der Waals surface area (Å²) in [6, 6.07) is 5.34. The maximum absolute atomic E-state index is 12.3. The summed E-state index contributed by atoms with van der Waals surface area (Å²) >= 11 is 3.40. The van der Waals surface area contributed by atoms with E-state index in [1.165, 1.54) is 4.31 Å². The van der Waals surface area contributed by atoms with Gasteiger partial charge in [0.05, 0.1) is 12.3 Å². The molecule has 1 aliphatic heterocycles. The van der Waals surface area contributed by atoms with E-state index in [-0.39, 0.29) is 0 Å². The SMILES string of the molecule is CCOc1ccc(NS(=O)(=O)N2CCCCC2)cc1CBr. The molecule has 1 saturated heterocycles. The molecule has 0 radical (unpaired) electrons. The van der Waals surface area contributed by atoms with Crippen LogP contribution in [0, 0.1) is 0 Å². The average molecular weight is 377 g/mol. The van der Waals surface area contributed by atoms with Crippen molar-refractivity contribution >= 4 is 31.8 Å². The normalized spacial score (nSPS) is 16.7. The van der Waals surface area contributed by atoms with E-state index in [4.69, 9.17) is 4.74 Å². The van der Waals surface area contributed by atoms with E-state index >= 15 is 0 Å². The number of hydrogen-bond donors (Lipinski definition) is 1. The quantitative estimate of drug-likeness (QED) is 0.775. The number of anilines is 1. The number of nitrogens with zero attached hydrogens (tertiary/aromatic N) is 1. The highest BCUT2D eigenvalue weighted by Gasteiger charge is 2.23. The molecule has 1 aromatic carbocycles. The van der Waals surface area contributed by atoms with Crippen LogP contribution in [-0.2, 0) is 15.5 Å². The first-order chi connectivity index (χ1) is 10.1. The first kappa shape index (κ1) is 16.6. The van der Waals surface area contributed by atoms with E-state index in [1.807, 2.05) is 6.92 Å². The van der Waals surface area contributed by atoms with Crippen molar-refractivity contribution < 1.29 is 13.2 Å². The Morgan fingerprint density at radius 2 is 2.00 bits per heavy atom. The highest BCUT2D eigenvalue weighted by Crippen LogP contribution is 2.26. The number of halogens is 1. The van der Waals surface area contributed by atoms with Crippen molar-refractivity contribution in [1.82, 2.24) is 4.31 Å². The summed E-state index contributed by atoms with van der Waals surface area (Å²) < 4.78 is 34.4. The van der Waals surface area contributed by atoms with Crippen LogP contribution in [-0.4, -0.2) is 32.4 Å². The van der Waals surface area contributed by atoms with E-state index in [0.29, 0.717) is 30.7 Å². The smallest absolute Gasteiger partial charge is 0.301 e. The fourth-order valence-corrected chi connectivity index (χ4v) is 4.09. The van der Waals surface area contributed by atoms with Gasteiger partial charge in [-0.25, -0.2) is 0 Å². The highest BCUT2D eigenvalue weighted by molar-refractivity contribution is 9.08. The van der Waals surface area contributed by atoms with Crippen molar-refractivity contribution in [1.29, 1.82) is 0 Å². The maximum Gasteiger partial charge on any atom is 0.301 e. The Kier molecular flexibility index (Phi) is 5.89. The van der Waals surface area contributed by atoms with Crippen LogP contribution in [0.15, 0.2) is 18.2 Å².